The second-order valence-electron chi connectivity index (χ2n) is 4.45. The minimum absolute atomic E-state index is 0.365. The van der Waals surface area contributed by atoms with Crippen LogP contribution in [0.4, 0.5) is 14.5 Å². The van der Waals surface area contributed by atoms with Gasteiger partial charge in [0.05, 0.1) is 21.8 Å². The van der Waals surface area contributed by atoms with Crippen LogP contribution < -0.4 is 5.32 Å². The van der Waals surface area contributed by atoms with Gasteiger partial charge in [-0.3, -0.25) is 4.79 Å². The molecule has 106 valence electrons. The zero-order chi connectivity index (χ0) is 15.0. The van der Waals surface area contributed by atoms with Gasteiger partial charge in [-0.25, -0.2) is 8.78 Å². The molecule has 1 heterocycles. The van der Waals surface area contributed by atoms with Crippen LogP contribution in [0.2, 0.25) is 5.02 Å². The Morgan fingerprint density at radius 2 is 1.95 bits per heavy atom. The molecule has 3 rings (SSSR count). The minimum atomic E-state index is -0.877. The number of hydrogen-bond acceptors (Lipinski definition) is 1. The zero-order valence-corrected chi connectivity index (χ0v) is 11.3. The van der Waals surface area contributed by atoms with E-state index in [4.69, 9.17) is 11.6 Å². The number of fused-ring (bicyclic) bond motifs is 1. The highest BCUT2D eigenvalue weighted by molar-refractivity contribution is 6.30. The third-order valence-corrected chi connectivity index (χ3v) is 3.38. The number of amides is 1. The summed E-state index contributed by atoms with van der Waals surface area (Å²) in [6, 6.07) is 8.69. The van der Waals surface area contributed by atoms with Gasteiger partial charge in [-0.05, 0) is 24.3 Å². The van der Waals surface area contributed by atoms with Crippen molar-refractivity contribution in [1.82, 2.24) is 4.98 Å². The number of aromatic nitrogens is 1. The molecule has 3 aromatic rings. The molecule has 1 amide bonds. The van der Waals surface area contributed by atoms with E-state index in [2.05, 4.69) is 10.3 Å². The van der Waals surface area contributed by atoms with Gasteiger partial charge in [-0.2, -0.15) is 0 Å². The Hall–Kier alpha value is -2.40. The minimum Gasteiger partial charge on any atom is -0.359 e. The van der Waals surface area contributed by atoms with Crippen molar-refractivity contribution in [3.63, 3.8) is 0 Å². The quantitative estimate of drug-likeness (QED) is 0.679. The molecule has 21 heavy (non-hydrogen) atoms. The van der Waals surface area contributed by atoms with Crippen molar-refractivity contribution in [2.45, 2.75) is 0 Å². The molecule has 0 aliphatic heterocycles. The van der Waals surface area contributed by atoms with Gasteiger partial charge in [-0.15, -0.1) is 0 Å². The first kappa shape index (κ1) is 13.6. The van der Waals surface area contributed by atoms with Gasteiger partial charge in [0, 0.05) is 11.6 Å². The first-order chi connectivity index (χ1) is 10.1. The molecular formula is C15H9ClF2N2O. The Morgan fingerprint density at radius 3 is 2.76 bits per heavy atom. The van der Waals surface area contributed by atoms with Gasteiger partial charge in [0.15, 0.2) is 0 Å². The Morgan fingerprint density at radius 1 is 1.14 bits per heavy atom. The Labute approximate surface area is 123 Å². The topological polar surface area (TPSA) is 44.9 Å². The standard InChI is InChI=1S/C15H9ClF2N2O/c16-10-7-11(17)9(6-12(10)18)15(21)20-13-3-1-2-8-4-5-19-14(8)13/h1-7,19H,(H,20,21). The van der Waals surface area contributed by atoms with Gasteiger partial charge in [0.2, 0.25) is 0 Å². The van der Waals surface area contributed by atoms with Gasteiger partial charge in [-0.1, -0.05) is 23.7 Å². The number of carbonyl (C=O) groups excluding carboxylic acids is 1. The zero-order valence-electron chi connectivity index (χ0n) is 10.6. The molecule has 2 aromatic carbocycles. The van der Waals surface area contributed by atoms with E-state index in [0.29, 0.717) is 11.2 Å². The summed E-state index contributed by atoms with van der Waals surface area (Å²) in [5.74, 6) is -2.47. The van der Waals surface area contributed by atoms with E-state index in [0.717, 1.165) is 17.5 Å². The lowest BCUT2D eigenvalue weighted by Gasteiger charge is -2.08. The maximum atomic E-state index is 13.7. The first-order valence-corrected chi connectivity index (χ1v) is 6.46. The molecule has 0 unspecified atom stereocenters. The molecule has 0 radical (unpaired) electrons. The van der Waals surface area contributed by atoms with Crippen LogP contribution in [-0.2, 0) is 0 Å². The van der Waals surface area contributed by atoms with Crippen LogP contribution in [0.1, 0.15) is 10.4 Å². The number of hydrogen-bond donors (Lipinski definition) is 2. The summed E-state index contributed by atoms with van der Waals surface area (Å²) in [7, 11) is 0. The van der Waals surface area contributed by atoms with Gasteiger partial charge < -0.3 is 10.3 Å². The van der Waals surface area contributed by atoms with Crippen LogP contribution in [0.3, 0.4) is 0 Å². The third kappa shape index (κ3) is 2.48. The number of anilines is 1. The van der Waals surface area contributed by atoms with Crippen LogP contribution >= 0.6 is 11.6 Å². The summed E-state index contributed by atoms with van der Waals surface area (Å²) >= 11 is 5.46. The number of halogens is 3. The SMILES string of the molecule is O=C(Nc1cccc2cc[nH]c12)c1cc(F)c(Cl)cc1F. The van der Waals surface area contributed by atoms with Crippen LogP contribution in [0.5, 0.6) is 0 Å². The fourth-order valence-electron chi connectivity index (χ4n) is 2.08. The van der Waals surface area contributed by atoms with Crippen LogP contribution in [0, 0.1) is 11.6 Å². The largest absolute Gasteiger partial charge is 0.359 e. The summed E-state index contributed by atoms with van der Waals surface area (Å²) in [6.45, 7) is 0. The maximum absolute atomic E-state index is 13.7. The van der Waals surface area contributed by atoms with Crippen molar-refractivity contribution < 1.29 is 13.6 Å². The predicted octanol–water partition coefficient (Wildman–Crippen LogP) is 4.35. The maximum Gasteiger partial charge on any atom is 0.258 e. The summed E-state index contributed by atoms with van der Waals surface area (Å²) < 4.78 is 27.1. The van der Waals surface area contributed by atoms with Crippen molar-refractivity contribution >= 4 is 34.1 Å². The Balaban J connectivity index is 1.97. The number of benzene rings is 2. The molecule has 0 bridgehead atoms. The summed E-state index contributed by atoms with van der Waals surface area (Å²) in [4.78, 5) is 15.1. The van der Waals surface area contributed by atoms with E-state index in [1.807, 2.05) is 12.1 Å². The number of aromatic amines is 1. The Bertz CT molecular complexity index is 845. The third-order valence-electron chi connectivity index (χ3n) is 3.09. The molecule has 3 nitrogen and oxygen atoms in total. The molecule has 0 fully saturated rings. The lowest BCUT2D eigenvalue weighted by molar-refractivity contribution is 0.102. The second kappa shape index (κ2) is 5.18. The van der Waals surface area contributed by atoms with E-state index in [9.17, 15) is 13.6 Å². The summed E-state index contributed by atoms with van der Waals surface area (Å²) in [6.07, 6.45) is 1.73. The molecule has 0 aliphatic carbocycles. The number of nitrogens with one attached hydrogen (secondary N) is 2. The number of rotatable bonds is 2. The molecule has 0 aliphatic rings. The Kier molecular flexibility index (Phi) is 3.35. The van der Waals surface area contributed by atoms with Crippen molar-refractivity contribution in [1.29, 1.82) is 0 Å². The summed E-state index contributed by atoms with van der Waals surface area (Å²) in [5.41, 5.74) is 0.790. The fourth-order valence-corrected chi connectivity index (χ4v) is 2.23. The predicted molar refractivity (Wildman–Crippen MR) is 77.6 cm³/mol. The molecule has 0 atom stereocenters. The van der Waals surface area contributed by atoms with Crippen LogP contribution in [-0.4, -0.2) is 10.9 Å². The number of carbonyl (C=O) groups is 1. The first-order valence-electron chi connectivity index (χ1n) is 6.08. The molecule has 2 N–H and O–H groups in total. The lowest BCUT2D eigenvalue weighted by atomic mass is 10.1. The highest BCUT2D eigenvalue weighted by atomic mass is 35.5. The van der Waals surface area contributed by atoms with Gasteiger partial charge >= 0.3 is 0 Å². The molecular weight excluding hydrogens is 298 g/mol. The van der Waals surface area contributed by atoms with Crippen molar-refractivity contribution in [3.05, 3.63) is 64.8 Å². The second-order valence-corrected chi connectivity index (χ2v) is 4.85. The molecule has 1 aromatic heterocycles. The van der Waals surface area contributed by atoms with E-state index in [1.165, 1.54) is 0 Å². The van der Waals surface area contributed by atoms with Gasteiger partial charge in [0.1, 0.15) is 11.6 Å². The van der Waals surface area contributed by atoms with E-state index in [-0.39, 0.29) is 5.02 Å². The average molecular weight is 307 g/mol. The smallest absolute Gasteiger partial charge is 0.258 e. The van der Waals surface area contributed by atoms with E-state index in [1.54, 1.807) is 18.3 Å². The number of H-pyrrole nitrogens is 1. The van der Waals surface area contributed by atoms with Crippen molar-refractivity contribution in [2.75, 3.05) is 5.32 Å². The van der Waals surface area contributed by atoms with Crippen molar-refractivity contribution in [3.8, 4) is 0 Å². The van der Waals surface area contributed by atoms with Crippen LogP contribution in [0.25, 0.3) is 10.9 Å². The highest BCUT2D eigenvalue weighted by Gasteiger charge is 2.16. The molecule has 0 saturated heterocycles. The average Bonchev–Trinajstić information content (AvgIpc) is 2.92. The number of para-hydroxylation sites is 1. The van der Waals surface area contributed by atoms with Crippen LogP contribution in [0.15, 0.2) is 42.6 Å². The monoisotopic (exact) mass is 306 g/mol. The van der Waals surface area contributed by atoms with Gasteiger partial charge in [0.25, 0.3) is 5.91 Å². The molecule has 0 spiro atoms. The lowest BCUT2D eigenvalue weighted by Crippen LogP contribution is -2.14. The summed E-state index contributed by atoms with van der Waals surface area (Å²) in [5, 5.41) is 3.09. The van der Waals surface area contributed by atoms with Crippen molar-refractivity contribution in [2.24, 2.45) is 0 Å². The highest BCUT2D eigenvalue weighted by Crippen LogP contribution is 2.24. The molecule has 6 heteroatoms. The normalized spacial score (nSPS) is 10.8. The molecule has 0 saturated carbocycles. The van der Waals surface area contributed by atoms with E-state index < -0.39 is 23.1 Å². The fraction of sp³-hybridized carbons (Fsp3) is 0. The van der Waals surface area contributed by atoms with E-state index >= 15 is 0 Å².